The minimum absolute atomic E-state index is 0.165. The van der Waals surface area contributed by atoms with E-state index in [0.29, 0.717) is 26.1 Å². The number of hydrogen-bond donors (Lipinski definition) is 2. The number of rotatable bonds is 10. The average molecular weight is 245 g/mol. The predicted molar refractivity (Wildman–Crippen MR) is 61.7 cm³/mol. The van der Waals surface area contributed by atoms with E-state index in [2.05, 4.69) is 11.9 Å². The Balaban J connectivity index is 3.86. The molecule has 1 atom stereocenters. The second-order valence-electron chi connectivity index (χ2n) is 3.37. The molecule has 0 aromatic heterocycles. The first-order chi connectivity index (χ1) is 8.11. The van der Waals surface area contributed by atoms with Gasteiger partial charge in [-0.25, -0.2) is 4.79 Å². The van der Waals surface area contributed by atoms with Gasteiger partial charge >= 0.3 is 5.97 Å². The van der Waals surface area contributed by atoms with Crippen molar-refractivity contribution in [3.8, 4) is 0 Å². The fourth-order valence-electron chi connectivity index (χ4n) is 1.09. The second-order valence-corrected chi connectivity index (χ2v) is 3.37. The number of carboxylic acid groups (broad SMARTS) is 1. The molecule has 0 fully saturated rings. The summed E-state index contributed by atoms with van der Waals surface area (Å²) in [7, 11) is 1.53. The molecule has 6 nitrogen and oxygen atoms in total. The third-order valence-corrected chi connectivity index (χ3v) is 1.96. The van der Waals surface area contributed by atoms with Crippen molar-refractivity contribution in [3.63, 3.8) is 0 Å². The van der Waals surface area contributed by atoms with Crippen LogP contribution in [-0.2, 0) is 19.1 Å². The standard InChI is InChI=1S/C11H19NO5/c1-3-4-5-9(11(14)15)12-10(13)8-17-7-6-16-2/h3,9H,1,4-8H2,2H3,(H,12,13)(H,14,15)/t9-/m1/s1. The van der Waals surface area contributed by atoms with Crippen molar-refractivity contribution in [1.82, 2.24) is 5.32 Å². The molecule has 0 aromatic carbocycles. The van der Waals surface area contributed by atoms with Gasteiger partial charge in [0.05, 0.1) is 13.2 Å². The molecule has 0 aromatic rings. The molecule has 0 bridgehead atoms. The molecule has 0 aliphatic heterocycles. The van der Waals surface area contributed by atoms with Gasteiger partial charge in [-0.15, -0.1) is 6.58 Å². The molecule has 2 N–H and O–H groups in total. The van der Waals surface area contributed by atoms with Gasteiger partial charge in [0, 0.05) is 7.11 Å². The number of methoxy groups -OCH3 is 1. The fourth-order valence-corrected chi connectivity index (χ4v) is 1.09. The SMILES string of the molecule is C=CCC[C@@H](NC(=O)COCCOC)C(=O)O. The number of carbonyl (C=O) groups is 2. The van der Waals surface area contributed by atoms with E-state index >= 15 is 0 Å². The summed E-state index contributed by atoms with van der Waals surface area (Å²) in [5.41, 5.74) is 0. The van der Waals surface area contributed by atoms with Gasteiger partial charge in [0.2, 0.25) is 5.91 Å². The van der Waals surface area contributed by atoms with Gasteiger partial charge in [-0.3, -0.25) is 4.79 Å². The van der Waals surface area contributed by atoms with Gasteiger partial charge in [0.1, 0.15) is 12.6 Å². The number of aliphatic carboxylic acids is 1. The maximum atomic E-state index is 11.3. The number of ether oxygens (including phenoxy) is 2. The molecule has 1 amide bonds. The summed E-state index contributed by atoms with van der Waals surface area (Å²) in [6.45, 7) is 4.03. The van der Waals surface area contributed by atoms with Gasteiger partial charge in [0.25, 0.3) is 0 Å². The van der Waals surface area contributed by atoms with Crippen LogP contribution in [-0.4, -0.2) is 50.0 Å². The first-order valence-corrected chi connectivity index (χ1v) is 5.31. The Hall–Kier alpha value is -1.40. The Labute approximate surface area is 101 Å². The monoisotopic (exact) mass is 245 g/mol. The van der Waals surface area contributed by atoms with Crippen LogP contribution in [0.15, 0.2) is 12.7 Å². The molecular weight excluding hydrogens is 226 g/mol. The quantitative estimate of drug-likeness (QED) is 0.424. The number of allylic oxidation sites excluding steroid dienone is 1. The Bertz CT molecular complexity index is 254. The fraction of sp³-hybridized carbons (Fsp3) is 0.636. The molecule has 0 aliphatic carbocycles. The summed E-state index contributed by atoms with van der Waals surface area (Å²) in [6, 6.07) is -0.897. The topological polar surface area (TPSA) is 84.9 Å². The number of carboxylic acids is 1. The van der Waals surface area contributed by atoms with Gasteiger partial charge in [-0.05, 0) is 12.8 Å². The highest BCUT2D eigenvalue weighted by Gasteiger charge is 2.18. The third-order valence-electron chi connectivity index (χ3n) is 1.96. The molecule has 0 saturated heterocycles. The maximum Gasteiger partial charge on any atom is 0.326 e. The lowest BCUT2D eigenvalue weighted by atomic mass is 10.1. The van der Waals surface area contributed by atoms with Crippen LogP contribution >= 0.6 is 0 Å². The van der Waals surface area contributed by atoms with Crippen molar-refractivity contribution in [1.29, 1.82) is 0 Å². The molecule has 0 spiro atoms. The Morgan fingerprint density at radius 3 is 2.71 bits per heavy atom. The molecule has 0 radical (unpaired) electrons. The van der Waals surface area contributed by atoms with Crippen LogP contribution < -0.4 is 5.32 Å². The number of hydrogen-bond acceptors (Lipinski definition) is 4. The summed E-state index contributed by atoms with van der Waals surface area (Å²) < 4.78 is 9.70. The van der Waals surface area contributed by atoms with E-state index in [1.807, 2.05) is 0 Å². The van der Waals surface area contributed by atoms with E-state index < -0.39 is 17.9 Å². The van der Waals surface area contributed by atoms with Gasteiger partial charge in [-0.1, -0.05) is 6.08 Å². The molecule has 0 rings (SSSR count). The van der Waals surface area contributed by atoms with Crippen LogP contribution in [0.1, 0.15) is 12.8 Å². The summed E-state index contributed by atoms with van der Waals surface area (Å²) in [5, 5.41) is 11.2. The Kier molecular flexibility index (Phi) is 8.99. The Morgan fingerprint density at radius 2 is 2.18 bits per heavy atom. The molecule has 0 aliphatic rings. The largest absolute Gasteiger partial charge is 0.480 e. The van der Waals surface area contributed by atoms with E-state index in [1.54, 1.807) is 6.08 Å². The molecule has 17 heavy (non-hydrogen) atoms. The van der Waals surface area contributed by atoms with Crippen molar-refractivity contribution in [2.75, 3.05) is 26.9 Å². The first kappa shape index (κ1) is 15.6. The van der Waals surface area contributed by atoms with Gasteiger partial charge in [0.15, 0.2) is 0 Å². The zero-order valence-electron chi connectivity index (χ0n) is 9.98. The van der Waals surface area contributed by atoms with Gasteiger partial charge < -0.3 is 19.9 Å². The molecular formula is C11H19NO5. The molecule has 0 heterocycles. The van der Waals surface area contributed by atoms with Crippen LogP contribution in [0, 0.1) is 0 Å². The van der Waals surface area contributed by atoms with Crippen LogP contribution in [0.3, 0.4) is 0 Å². The lowest BCUT2D eigenvalue weighted by molar-refractivity contribution is -0.142. The Morgan fingerprint density at radius 1 is 1.47 bits per heavy atom. The minimum Gasteiger partial charge on any atom is -0.480 e. The summed E-state index contributed by atoms with van der Waals surface area (Å²) in [5.74, 6) is -1.50. The van der Waals surface area contributed by atoms with Crippen molar-refractivity contribution in [3.05, 3.63) is 12.7 Å². The number of nitrogens with one attached hydrogen (secondary N) is 1. The van der Waals surface area contributed by atoms with Crippen molar-refractivity contribution < 1.29 is 24.2 Å². The summed E-state index contributed by atoms with van der Waals surface area (Å²) in [6.07, 6.45) is 2.46. The highest BCUT2D eigenvalue weighted by Crippen LogP contribution is 1.98. The maximum absolute atomic E-state index is 11.3. The average Bonchev–Trinajstić information content (AvgIpc) is 2.29. The van der Waals surface area contributed by atoms with Crippen LogP contribution in [0.5, 0.6) is 0 Å². The van der Waals surface area contributed by atoms with Crippen LogP contribution in [0.4, 0.5) is 0 Å². The normalized spacial score (nSPS) is 11.8. The first-order valence-electron chi connectivity index (χ1n) is 5.31. The zero-order chi connectivity index (χ0) is 13.1. The summed E-state index contributed by atoms with van der Waals surface area (Å²) in [4.78, 5) is 22.1. The highest BCUT2D eigenvalue weighted by molar-refractivity contribution is 5.84. The number of carbonyl (C=O) groups excluding carboxylic acids is 1. The van der Waals surface area contributed by atoms with Gasteiger partial charge in [-0.2, -0.15) is 0 Å². The second kappa shape index (κ2) is 9.80. The van der Waals surface area contributed by atoms with Crippen molar-refractivity contribution in [2.45, 2.75) is 18.9 Å². The summed E-state index contributed by atoms with van der Waals surface area (Å²) >= 11 is 0. The zero-order valence-corrected chi connectivity index (χ0v) is 9.98. The molecule has 0 unspecified atom stereocenters. The van der Waals surface area contributed by atoms with Crippen LogP contribution in [0.2, 0.25) is 0 Å². The number of amides is 1. The van der Waals surface area contributed by atoms with Crippen molar-refractivity contribution in [2.24, 2.45) is 0 Å². The van der Waals surface area contributed by atoms with Crippen molar-refractivity contribution >= 4 is 11.9 Å². The van der Waals surface area contributed by atoms with E-state index in [9.17, 15) is 9.59 Å². The van der Waals surface area contributed by atoms with Crippen LogP contribution in [0.25, 0.3) is 0 Å². The molecule has 0 saturated carbocycles. The lowest BCUT2D eigenvalue weighted by Crippen LogP contribution is -2.42. The van der Waals surface area contributed by atoms with E-state index in [4.69, 9.17) is 14.6 Å². The highest BCUT2D eigenvalue weighted by atomic mass is 16.5. The van der Waals surface area contributed by atoms with E-state index in [1.165, 1.54) is 7.11 Å². The third kappa shape index (κ3) is 8.41. The predicted octanol–water partition coefficient (Wildman–Crippen LogP) is 0.185. The lowest BCUT2D eigenvalue weighted by Gasteiger charge is -2.13. The van der Waals surface area contributed by atoms with E-state index in [-0.39, 0.29) is 6.61 Å². The van der Waals surface area contributed by atoms with E-state index in [0.717, 1.165) is 0 Å². The minimum atomic E-state index is -1.06. The smallest absolute Gasteiger partial charge is 0.326 e. The molecule has 98 valence electrons. The molecule has 6 heteroatoms.